The molecule has 19 heavy (non-hydrogen) atoms. The number of rotatable bonds is 2. The van der Waals surface area contributed by atoms with E-state index < -0.39 is 0 Å². The normalized spacial score (nSPS) is 23.1. The maximum absolute atomic E-state index is 4.58. The Morgan fingerprint density at radius 2 is 2.00 bits per heavy atom. The van der Waals surface area contributed by atoms with Crippen LogP contribution in [0.2, 0.25) is 0 Å². The molecule has 2 heteroatoms. The van der Waals surface area contributed by atoms with Crippen LogP contribution < -0.4 is 5.32 Å². The number of aromatic nitrogens is 1. The van der Waals surface area contributed by atoms with Crippen LogP contribution in [0, 0.1) is 5.41 Å². The van der Waals surface area contributed by atoms with E-state index in [0.29, 0.717) is 11.5 Å². The Kier molecular flexibility index (Phi) is 3.89. The van der Waals surface area contributed by atoms with Gasteiger partial charge < -0.3 is 5.32 Å². The van der Waals surface area contributed by atoms with Crippen LogP contribution >= 0.6 is 0 Å². The van der Waals surface area contributed by atoms with Crippen molar-refractivity contribution in [1.82, 2.24) is 4.98 Å². The zero-order chi connectivity index (χ0) is 14.1. The second kappa shape index (κ2) is 5.15. The standard InChI is InChI=1S/C17H28N2/c1-16(2,3)13-8-9-15(18-12-13)19-14-7-6-10-17(4,5)11-14/h8-9,12,14H,6-7,10-11H2,1-5H3,(H,18,19). The highest BCUT2D eigenvalue weighted by Gasteiger charge is 2.28. The lowest BCUT2D eigenvalue weighted by molar-refractivity contribution is 0.229. The molecule has 0 saturated heterocycles. The van der Waals surface area contributed by atoms with E-state index in [0.717, 1.165) is 5.82 Å². The molecule has 0 aliphatic heterocycles. The fourth-order valence-electron chi connectivity index (χ4n) is 2.95. The van der Waals surface area contributed by atoms with Crippen molar-refractivity contribution in [2.75, 3.05) is 5.32 Å². The SMILES string of the molecule is CC1(C)CCCC(Nc2ccc(C(C)(C)C)cn2)C1. The third-order valence-corrected chi connectivity index (χ3v) is 4.19. The Labute approximate surface area is 118 Å². The lowest BCUT2D eigenvalue weighted by Gasteiger charge is -2.35. The van der Waals surface area contributed by atoms with E-state index >= 15 is 0 Å². The minimum atomic E-state index is 0.179. The minimum absolute atomic E-state index is 0.179. The predicted molar refractivity (Wildman–Crippen MR) is 82.6 cm³/mol. The Morgan fingerprint density at radius 1 is 1.26 bits per heavy atom. The Bertz CT molecular complexity index is 412. The fourth-order valence-corrected chi connectivity index (χ4v) is 2.95. The summed E-state index contributed by atoms with van der Waals surface area (Å²) in [5.41, 5.74) is 1.95. The summed E-state index contributed by atoms with van der Waals surface area (Å²) in [7, 11) is 0. The van der Waals surface area contributed by atoms with Crippen LogP contribution in [0.25, 0.3) is 0 Å². The van der Waals surface area contributed by atoms with Crippen molar-refractivity contribution >= 4 is 5.82 Å². The number of nitrogens with one attached hydrogen (secondary N) is 1. The first-order valence-corrected chi connectivity index (χ1v) is 7.49. The fraction of sp³-hybridized carbons (Fsp3) is 0.706. The van der Waals surface area contributed by atoms with E-state index in [1.165, 1.54) is 31.2 Å². The zero-order valence-corrected chi connectivity index (χ0v) is 13.1. The van der Waals surface area contributed by atoms with E-state index in [9.17, 15) is 0 Å². The molecule has 0 aromatic carbocycles. The van der Waals surface area contributed by atoms with E-state index in [2.05, 4.69) is 57.1 Å². The topological polar surface area (TPSA) is 24.9 Å². The number of hydrogen-bond acceptors (Lipinski definition) is 2. The van der Waals surface area contributed by atoms with Gasteiger partial charge in [0.25, 0.3) is 0 Å². The molecule has 1 aliphatic rings. The molecule has 106 valence electrons. The Balaban J connectivity index is 2.00. The first-order chi connectivity index (χ1) is 8.76. The second-order valence-corrected chi connectivity index (χ2v) is 7.78. The summed E-state index contributed by atoms with van der Waals surface area (Å²) in [6.07, 6.45) is 7.20. The van der Waals surface area contributed by atoms with Crippen molar-refractivity contribution in [2.24, 2.45) is 5.41 Å². The first-order valence-electron chi connectivity index (χ1n) is 7.49. The molecule has 0 bridgehead atoms. The quantitative estimate of drug-likeness (QED) is 0.829. The molecule has 1 atom stereocenters. The predicted octanol–water partition coefficient (Wildman–Crippen LogP) is 4.76. The number of anilines is 1. The third-order valence-electron chi connectivity index (χ3n) is 4.19. The van der Waals surface area contributed by atoms with Gasteiger partial charge in [-0.05, 0) is 41.7 Å². The minimum Gasteiger partial charge on any atom is -0.367 e. The lowest BCUT2D eigenvalue weighted by atomic mass is 9.75. The molecule has 1 unspecified atom stereocenters. The summed E-state index contributed by atoms with van der Waals surface area (Å²) in [6, 6.07) is 4.91. The van der Waals surface area contributed by atoms with E-state index in [1.807, 2.05) is 6.20 Å². The summed E-state index contributed by atoms with van der Waals surface area (Å²) in [5, 5.41) is 3.60. The number of pyridine rings is 1. The highest BCUT2D eigenvalue weighted by atomic mass is 15.0. The van der Waals surface area contributed by atoms with Gasteiger partial charge in [0.05, 0.1) is 0 Å². The first kappa shape index (κ1) is 14.4. The zero-order valence-electron chi connectivity index (χ0n) is 13.1. The van der Waals surface area contributed by atoms with Crippen LogP contribution in [0.15, 0.2) is 18.3 Å². The van der Waals surface area contributed by atoms with Crippen LogP contribution in [0.4, 0.5) is 5.82 Å². The molecule has 1 aliphatic carbocycles. The smallest absolute Gasteiger partial charge is 0.126 e. The summed E-state index contributed by atoms with van der Waals surface area (Å²) < 4.78 is 0. The average Bonchev–Trinajstić information content (AvgIpc) is 2.27. The third kappa shape index (κ3) is 3.95. The summed E-state index contributed by atoms with van der Waals surface area (Å²) in [6.45, 7) is 11.4. The van der Waals surface area contributed by atoms with Crippen molar-refractivity contribution in [2.45, 2.75) is 71.8 Å². The largest absolute Gasteiger partial charge is 0.367 e. The molecule has 1 aromatic rings. The molecule has 1 fully saturated rings. The van der Waals surface area contributed by atoms with Crippen molar-refractivity contribution in [3.8, 4) is 0 Å². The van der Waals surface area contributed by atoms with Gasteiger partial charge in [-0.1, -0.05) is 47.1 Å². The van der Waals surface area contributed by atoms with Gasteiger partial charge in [0.2, 0.25) is 0 Å². The van der Waals surface area contributed by atoms with E-state index in [-0.39, 0.29) is 5.41 Å². The molecule has 2 rings (SSSR count). The summed E-state index contributed by atoms with van der Waals surface area (Å²) in [4.78, 5) is 4.58. The Hall–Kier alpha value is -1.05. The summed E-state index contributed by atoms with van der Waals surface area (Å²) >= 11 is 0. The molecule has 2 nitrogen and oxygen atoms in total. The molecular formula is C17H28N2. The molecule has 0 amide bonds. The lowest BCUT2D eigenvalue weighted by Crippen LogP contribution is -2.32. The van der Waals surface area contributed by atoms with E-state index in [4.69, 9.17) is 0 Å². The maximum Gasteiger partial charge on any atom is 0.126 e. The van der Waals surface area contributed by atoms with Gasteiger partial charge in [0.15, 0.2) is 0 Å². The molecular weight excluding hydrogens is 232 g/mol. The van der Waals surface area contributed by atoms with Crippen LogP contribution in [-0.2, 0) is 5.41 Å². The van der Waals surface area contributed by atoms with Gasteiger partial charge in [0, 0.05) is 12.2 Å². The second-order valence-electron chi connectivity index (χ2n) is 7.78. The van der Waals surface area contributed by atoms with Crippen molar-refractivity contribution in [1.29, 1.82) is 0 Å². The van der Waals surface area contributed by atoms with Crippen LogP contribution in [0.5, 0.6) is 0 Å². The number of hydrogen-bond donors (Lipinski definition) is 1. The molecule has 1 N–H and O–H groups in total. The molecule has 0 radical (unpaired) electrons. The number of nitrogens with zero attached hydrogens (tertiary/aromatic N) is 1. The van der Waals surface area contributed by atoms with Crippen molar-refractivity contribution < 1.29 is 0 Å². The monoisotopic (exact) mass is 260 g/mol. The van der Waals surface area contributed by atoms with Gasteiger partial charge in [-0.3, -0.25) is 0 Å². The summed E-state index contributed by atoms with van der Waals surface area (Å²) in [5.74, 6) is 1.02. The van der Waals surface area contributed by atoms with Gasteiger partial charge in [-0.2, -0.15) is 0 Å². The van der Waals surface area contributed by atoms with Crippen LogP contribution in [0.3, 0.4) is 0 Å². The maximum atomic E-state index is 4.58. The van der Waals surface area contributed by atoms with Crippen molar-refractivity contribution in [3.05, 3.63) is 23.9 Å². The van der Waals surface area contributed by atoms with Gasteiger partial charge in [-0.15, -0.1) is 0 Å². The van der Waals surface area contributed by atoms with Gasteiger partial charge in [-0.25, -0.2) is 4.98 Å². The highest BCUT2D eigenvalue weighted by molar-refractivity contribution is 5.38. The van der Waals surface area contributed by atoms with Gasteiger partial charge >= 0.3 is 0 Å². The molecule has 1 aromatic heterocycles. The molecule has 1 heterocycles. The van der Waals surface area contributed by atoms with Crippen molar-refractivity contribution in [3.63, 3.8) is 0 Å². The van der Waals surface area contributed by atoms with E-state index in [1.54, 1.807) is 0 Å². The molecule has 0 spiro atoms. The Morgan fingerprint density at radius 3 is 2.53 bits per heavy atom. The van der Waals surface area contributed by atoms with Crippen LogP contribution in [-0.4, -0.2) is 11.0 Å². The average molecular weight is 260 g/mol. The van der Waals surface area contributed by atoms with Gasteiger partial charge in [0.1, 0.15) is 5.82 Å². The van der Waals surface area contributed by atoms with Crippen LogP contribution in [0.1, 0.15) is 65.9 Å². The highest BCUT2D eigenvalue weighted by Crippen LogP contribution is 2.36. The molecule has 1 saturated carbocycles.